The molecule has 0 fully saturated rings. The van der Waals surface area contributed by atoms with Crippen LogP contribution in [-0.2, 0) is 24.4 Å². The number of rotatable bonds is 12. The molecule has 0 saturated carbocycles. The van der Waals surface area contributed by atoms with Crippen LogP contribution in [0.15, 0.2) is 134 Å². The Bertz CT molecular complexity index is 1890. The summed E-state index contributed by atoms with van der Waals surface area (Å²) in [4.78, 5) is 13.6. The molecule has 6 aromatic rings. The highest BCUT2D eigenvalue weighted by Gasteiger charge is 2.23. The molecule has 0 aliphatic heterocycles. The van der Waals surface area contributed by atoms with Crippen LogP contribution in [0.5, 0.6) is 5.75 Å². The molecule has 226 valence electrons. The van der Waals surface area contributed by atoms with Gasteiger partial charge in [-0.1, -0.05) is 120 Å². The SMILES string of the molecule is O=C(C[C@@H](c1cccc(OCc2ccccc2)c1)c1cn(Cc2ccccc2)c2ccccc12)NCCc1ccc(Cl)cc1Cl. The topological polar surface area (TPSA) is 43.3 Å². The van der Waals surface area contributed by atoms with E-state index in [0.29, 0.717) is 29.6 Å². The zero-order valence-electron chi connectivity index (χ0n) is 24.8. The summed E-state index contributed by atoms with van der Waals surface area (Å²) in [6.45, 7) is 1.68. The van der Waals surface area contributed by atoms with Gasteiger partial charge in [0.25, 0.3) is 0 Å². The molecule has 0 bridgehead atoms. The molecule has 45 heavy (non-hydrogen) atoms. The molecule has 1 amide bonds. The van der Waals surface area contributed by atoms with Gasteiger partial charge in [-0.3, -0.25) is 4.79 Å². The van der Waals surface area contributed by atoms with Crippen LogP contribution in [0.4, 0.5) is 0 Å². The minimum Gasteiger partial charge on any atom is -0.489 e. The number of para-hydroxylation sites is 1. The number of carbonyl (C=O) groups is 1. The van der Waals surface area contributed by atoms with Crippen LogP contribution in [0.25, 0.3) is 10.9 Å². The van der Waals surface area contributed by atoms with Crippen LogP contribution < -0.4 is 10.1 Å². The van der Waals surface area contributed by atoms with Crippen molar-refractivity contribution in [3.8, 4) is 5.75 Å². The molecule has 1 heterocycles. The highest BCUT2D eigenvalue weighted by molar-refractivity contribution is 6.35. The first kappa shape index (κ1) is 30.5. The number of amides is 1. The van der Waals surface area contributed by atoms with Crippen molar-refractivity contribution >= 4 is 40.0 Å². The molecule has 0 saturated heterocycles. The molecular formula is C39H34Cl2N2O2. The number of aromatic nitrogens is 1. The van der Waals surface area contributed by atoms with Gasteiger partial charge < -0.3 is 14.6 Å². The normalized spacial score (nSPS) is 11.8. The third-order valence-electron chi connectivity index (χ3n) is 8.02. The van der Waals surface area contributed by atoms with E-state index in [1.807, 2.05) is 48.5 Å². The fourth-order valence-electron chi connectivity index (χ4n) is 5.75. The van der Waals surface area contributed by atoms with Crippen LogP contribution >= 0.6 is 23.2 Å². The molecule has 0 aliphatic rings. The predicted octanol–water partition coefficient (Wildman–Crippen LogP) is 9.46. The van der Waals surface area contributed by atoms with Gasteiger partial charge in [-0.15, -0.1) is 0 Å². The zero-order chi connectivity index (χ0) is 31.0. The van der Waals surface area contributed by atoms with E-state index in [-0.39, 0.29) is 18.2 Å². The van der Waals surface area contributed by atoms with Gasteiger partial charge in [-0.25, -0.2) is 0 Å². The Morgan fingerprint density at radius 1 is 0.778 bits per heavy atom. The summed E-state index contributed by atoms with van der Waals surface area (Å²) in [6, 6.07) is 42.6. The number of ether oxygens (including phenoxy) is 1. The second-order valence-corrected chi connectivity index (χ2v) is 12.0. The zero-order valence-corrected chi connectivity index (χ0v) is 26.3. The molecule has 0 spiro atoms. The van der Waals surface area contributed by atoms with Crippen molar-refractivity contribution in [2.75, 3.05) is 6.54 Å². The van der Waals surface area contributed by atoms with Crippen LogP contribution in [0.2, 0.25) is 10.0 Å². The van der Waals surface area contributed by atoms with Crippen molar-refractivity contribution in [1.29, 1.82) is 0 Å². The van der Waals surface area contributed by atoms with Crippen molar-refractivity contribution in [2.45, 2.75) is 31.9 Å². The number of halogens is 2. The van der Waals surface area contributed by atoms with Gasteiger partial charge in [-0.05, 0) is 64.6 Å². The number of fused-ring (bicyclic) bond motifs is 1. The molecule has 4 nitrogen and oxygen atoms in total. The summed E-state index contributed by atoms with van der Waals surface area (Å²) in [5.74, 6) is 0.555. The van der Waals surface area contributed by atoms with Gasteiger partial charge in [0.1, 0.15) is 12.4 Å². The number of carbonyl (C=O) groups excluding carboxylic acids is 1. The molecule has 5 aromatic carbocycles. The second kappa shape index (κ2) is 14.5. The Labute approximate surface area is 274 Å². The Kier molecular flexibility index (Phi) is 9.84. The highest BCUT2D eigenvalue weighted by atomic mass is 35.5. The van der Waals surface area contributed by atoms with Gasteiger partial charge in [0.2, 0.25) is 5.91 Å². The monoisotopic (exact) mass is 632 g/mol. The second-order valence-electron chi connectivity index (χ2n) is 11.2. The van der Waals surface area contributed by atoms with E-state index in [1.165, 1.54) is 5.56 Å². The maximum Gasteiger partial charge on any atom is 0.220 e. The van der Waals surface area contributed by atoms with Gasteiger partial charge in [0.05, 0.1) is 0 Å². The van der Waals surface area contributed by atoms with Crippen LogP contribution in [0.3, 0.4) is 0 Å². The summed E-state index contributed by atoms with van der Waals surface area (Å²) >= 11 is 12.4. The fraction of sp³-hybridized carbons (Fsp3) is 0.154. The lowest BCUT2D eigenvalue weighted by Crippen LogP contribution is -2.27. The lowest BCUT2D eigenvalue weighted by molar-refractivity contribution is -0.121. The summed E-state index contributed by atoms with van der Waals surface area (Å²) in [6.07, 6.45) is 3.11. The van der Waals surface area contributed by atoms with E-state index in [4.69, 9.17) is 27.9 Å². The molecule has 0 unspecified atom stereocenters. The summed E-state index contributed by atoms with van der Waals surface area (Å²) in [7, 11) is 0. The average molecular weight is 634 g/mol. The first-order valence-corrected chi connectivity index (χ1v) is 15.9. The Hall–Kier alpha value is -4.51. The molecule has 0 radical (unpaired) electrons. The molecule has 0 aliphatic carbocycles. The highest BCUT2D eigenvalue weighted by Crippen LogP contribution is 2.36. The molecule has 1 aromatic heterocycles. The fourth-order valence-corrected chi connectivity index (χ4v) is 6.25. The number of benzene rings is 5. The van der Waals surface area contributed by atoms with Gasteiger partial charge in [0.15, 0.2) is 0 Å². The van der Waals surface area contributed by atoms with E-state index in [1.54, 1.807) is 6.07 Å². The minimum absolute atomic E-state index is 0.0272. The molecule has 1 atom stereocenters. The van der Waals surface area contributed by atoms with E-state index < -0.39 is 0 Å². The Balaban J connectivity index is 1.29. The number of nitrogens with one attached hydrogen (secondary N) is 1. The third kappa shape index (κ3) is 7.78. The smallest absolute Gasteiger partial charge is 0.220 e. The molecule has 6 heteroatoms. The third-order valence-corrected chi connectivity index (χ3v) is 8.61. The summed E-state index contributed by atoms with van der Waals surface area (Å²) in [5, 5.41) is 5.46. The quantitative estimate of drug-likeness (QED) is 0.146. The van der Waals surface area contributed by atoms with E-state index in [0.717, 1.165) is 45.5 Å². The number of hydrogen-bond acceptors (Lipinski definition) is 2. The Morgan fingerprint density at radius 2 is 1.51 bits per heavy atom. The van der Waals surface area contributed by atoms with E-state index in [2.05, 4.69) is 88.9 Å². The average Bonchev–Trinajstić information content (AvgIpc) is 3.42. The maximum atomic E-state index is 13.6. The van der Waals surface area contributed by atoms with Crippen molar-refractivity contribution in [3.63, 3.8) is 0 Å². The predicted molar refractivity (Wildman–Crippen MR) is 184 cm³/mol. The molecule has 1 N–H and O–H groups in total. The van der Waals surface area contributed by atoms with E-state index in [9.17, 15) is 4.79 Å². The maximum absolute atomic E-state index is 13.6. The summed E-state index contributed by atoms with van der Waals surface area (Å²) < 4.78 is 8.48. The number of hydrogen-bond donors (Lipinski definition) is 1. The molecule has 6 rings (SSSR count). The first-order valence-electron chi connectivity index (χ1n) is 15.1. The van der Waals surface area contributed by atoms with Crippen LogP contribution in [-0.4, -0.2) is 17.0 Å². The van der Waals surface area contributed by atoms with Crippen molar-refractivity contribution in [1.82, 2.24) is 9.88 Å². The first-order chi connectivity index (χ1) is 22.0. The van der Waals surface area contributed by atoms with Gasteiger partial charge in [-0.2, -0.15) is 0 Å². The van der Waals surface area contributed by atoms with Crippen molar-refractivity contribution in [2.24, 2.45) is 0 Å². The van der Waals surface area contributed by atoms with Crippen molar-refractivity contribution in [3.05, 3.63) is 171 Å². The minimum atomic E-state index is -0.189. The Morgan fingerprint density at radius 3 is 2.29 bits per heavy atom. The standard InChI is InChI=1S/C39H34Cl2N2O2/c40-32-19-18-30(37(41)23-32)20-21-42-39(44)24-35(31-14-9-15-33(22-31)45-27-29-12-5-2-6-13-29)36-26-43(25-28-10-3-1-4-11-28)38-17-8-7-16-34(36)38/h1-19,22-23,26,35H,20-21,24-25,27H2,(H,42,44)/t35-/m0/s1. The lowest BCUT2D eigenvalue weighted by Gasteiger charge is -2.19. The van der Waals surface area contributed by atoms with Crippen LogP contribution in [0, 0.1) is 0 Å². The molecular weight excluding hydrogens is 599 g/mol. The van der Waals surface area contributed by atoms with Crippen molar-refractivity contribution < 1.29 is 9.53 Å². The lowest BCUT2D eigenvalue weighted by atomic mass is 9.88. The van der Waals surface area contributed by atoms with Gasteiger partial charge in [0, 0.05) is 52.6 Å². The number of nitrogens with zero attached hydrogens (tertiary/aromatic N) is 1. The van der Waals surface area contributed by atoms with Crippen LogP contribution in [0.1, 0.15) is 40.2 Å². The largest absolute Gasteiger partial charge is 0.489 e. The summed E-state index contributed by atoms with van der Waals surface area (Å²) in [5.41, 5.74) is 6.54. The van der Waals surface area contributed by atoms with E-state index >= 15 is 0 Å². The van der Waals surface area contributed by atoms with Gasteiger partial charge >= 0.3 is 0 Å².